The zero-order chi connectivity index (χ0) is 14.2. The predicted molar refractivity (Wildman–Crippen MR) is 82.6 cm³/mol. The van der Waals surface area contributed by atoms with E-state index in [2.05, 4.69) is 37.4 Å². The minimum atomic E-state index is -0.574. The fraction of sp³-hybridized carbons (Fsp3) is 0.625. The SMILES string of the molecule is CC1(C)Cc2cc(CNC3CCS(=O)CC3)ccc2O1. The van der Waals surface area contributed by atoms with Crippen molar-refractivity contribution in [3.63, 3.8) is 0 Å². The van der Waals surface area contributed by atoms with Crippen LogP contribution in [0.25, 0.3) is 0 Å². The Morgan fingerprint density at radius 2 is 2.10 bits per heavy atom. The van der Waals surface area contributed by atoms with Gasteiger partial charge in [0.25, 0.3) is 0 Å². The molecule has 1 fully saturated rings. The third-order valence-electron chi connectivity index (χ3n) is 4.11. The highest BCUT2D eigenvalue weighted by Crippen LogP contribution is 2.35. The standard InChI is InChI=1S/C16H23NO2S/c1-16(2)10-13-9-12(3-4-15(13)19-16)11-17-14-5-7-20(18)8-6-14/h3-4,9,14,17H,5-8,10-11H2,1-2H3. The summed E-state index contributed by atoms with van der Waals surface area (Å²) in [4.78, 5) is 0. The minimum Gasteiger partial charge on any atom is -0.487 e. The van der Waals surface area contributed by atoms with Crippen LogP contribution in [0.1, 0.15) is 37.8 Å². The van der Waals surface area contributed by atoms with E-state index >= 15 is 0 Å². The molecule has 0 aliphatic carbocycles. The van der Waals surface area contributed by atoms with Gasteiger partial charge >= 0.3 is 0 Å². The highest BCUT2D eigenvalue weighted by molar-refractivity contribution is 7.85. The van der Waals surface area contributed by atoms with Crippen molar-refractivity contribution < 1.29 is 8.95 Å². The first-order valence-corrected chi connectivity index (χ1v) is 8.90. The first-order valence-electron chi connectivity index (χ1n) is 7.41. The van der Waals surface area contributed by atoms with Crippen LogP contribution in [0.5, 0.6) is 5.75 Å². The van der Waals surface area contributed by atoms with Crippen LogP contribution in [0.15, 0.2) is 18.2 Å². The second kappa shape index (κ2) is 5.49. The predicted octanol–water partition coefficient (Wildman–Crippen LogP) is 2.40. The molecule has 20 heavy (non-hydrogen) atoms. The van der Waals surface area contributed by atoms with Gasteiger partial charge in [-0.2, -0.15) is 0 Å². The lowest BCUT2D eigenvalue weighted by Crippen LogP contribution is -2.35. The molecule has 0 atom stereocenters. The molecule has 2 aliphatic heterocycles. The maximum Gasteiger partial charge on any atom is 0.123 e. The third-order valence-corrected chi connectivity index (χ3v) is 5.49. The summed E-state index contributed by atoms with van der Waals surface area (Å²) in [5.41, 5.74) is 2.57. The van der Waals surface area contributed by atoms with Gasteiger partial charge in [0.15, 0.2) is 0 Å². The van der Waals surface area contributed by atoms with Gasteiger partial charge in [0.05, 0.1) is 0 Å². The molecule has 4 heteroatoms. The molecule has 2 heterocycles. The first kappa shape index (κ1) is 14.1. The van der Waals surface area contributed by atoms with Gasteiger partial charge in [-0.05, 0) is 43.9 Å². The number of fused-ring (bicyclic) bond motifs is 1. The lowest BCUT2D eigenvalue weighted by Gasteiger charge is -2.22. The molecule has 0 spiro atoms. The second-order valence-corrected chi connectivity index (χ2v) is 8.18. The van der Waals surface area contributed by atoms with Crippen LogP contribution in [-0.4, -0.2) is 27.4 Å². The van der Waals surface area contributed by atoms with E-state index in [4.69, 9.17) is 4.74 Å². The van der Waals surface area contributed by atoms with Crippen LogP contribution in [0.3, 0.4) is 0 Å². The number of rotatable bonds is 3. The summed E-state index contributed by atoms with van der Waals surface area (Å²) in [5.74, 6) is 2.74. The summed E-state index contributed by atoms with van der Waals surface area (Å²) in [6, 6.07) is 7.03. The molecule has 110 valence electrons. The lowest BCUT2D eigenvalue weighted by atomic mass is 10.00. The monoisotopic (exact) mass is 293 g/mol. The quantitative estimate of drug-likeness (QED) is 0.930. The third kappa shape index (κ3) is 3.23. The van der Waals surface area contributed by atoms with Crippen molar-refractivity contribution in [3.05, 3.63) is 29.3 Å². The largest absolute Gasteiger partial charge is 0.487 e. The average Bonchev–Trinajstić information content (AvgIpc) is 2.71. The summed E-state index contributed by atoms with van der Waals surface area (Å²) in [6.07, 6.45) is 3.06. The molecule has 0 radical (unpaired) electrons. The number of nitrogens with one attached hydrogen (secondary N) is 1. The highest BCUT2D eigenvalue weighted by atomic mass is 32.2. The Morgan fingerprint density at radius 1 is 1.35 bits per heavy atom. The van der Waals surface area contributed by atoms with Crippen molar-refractivity contribution in [3.8, 4) is 5.75 Å². The second-order valence-electron chi connectivity index (χ2n) is 6.48. The van der Waals surface area contributed by atoms with E-state index in [1.165, 1.54) is 11.1 Å². The Bertz CT molecular complexity index is 517. The summed E-state index contributed by atoms with van der Waals surface area (Å²) in [6.45, 7) is 5.16. The van der Waals surface area contributed by atoms with Crippen molar-refractivity contribution >= 4 is 10.8 Å². The molecule has 0 unspecified atom stereocenters. The topological polar surface area (TPSA) is 38.3 Å². The Labute approximate surface area is 123 Å². The van der Waals surface area contributed by atoms with Crippen molar-refractivity contribution in [1.82, 2.24) is 5.32 Å². The van der Waals surface area contributed by atoms with Gasteiger partial charge in [0, 0.05) is 41.3 Å². The van der Waals surface area contributed by atoms with E-state index in [1.807, 2.05) is 0 Å². The molecule has 1 saturated heterocycles. The van der Waals surface area contributed by atoms with E-state index < -0.39 is 10.8 Å². The Morgan fingerprint density at radius 3 is 2.85 bits per heavy atom. The summed E-state index contributed by atoms with van der Waals surface area (Å²) in [5, 5.41) is 3.60. The van der Waals surface area contributed by atoms with Gasteiger partial charge < -0.3 is 10.1 Å². The zero-order valence-electron chi connectivity index (χ0n) is 12.3. The van der Waals surface area contributed by atoms with Gasteiger partial charge in [-0.25, -0.2) is 0 Å². The van der Waals surface area contributed by atoms with Crippen molar-refractivity contribution in [2.24, 2.45) is 0 Å². The fourth-order valence-electron chi connectivity index (χ4n) is 3.03. The van der Waals surface area contributed by atoms with Crippen LogP contribution in [0.2, 0.25) is 0 Å². The Balaban J connectivity index is 1.58. The molecule has 3 rings (SSSR count). The summed E-state index contributed by atoms with van der Waals surface area (Å²) < 4.78 is 17.2. The van der Waals surface area contributed by atoms with E-state index in [0.29, 0.717) is 6.04 Å². The van der Waals surface area contributed by atoms with E-state index in [0.717, 1.165) is 43.1 Å². The molecule has 2 aliphatic rings. The lowest BCUT2D eigenvalue weighted by molar-refractivity contribution is 0.138. The maximum absolute atomic E-state index is 11.3. The number of benzene rings is 1. The van der Waals surface area contributed by atoms with E-state index in [-0.39, 0.29) is 5.60 Å². The molecule has 0 saturated carbocycles. The zero-order valence-corrected chi connectivity index (χ0v) is 13.1. The van der Waals surface area contributed by atoms with Gasteiger partial charge in [-0.3, -0.25) is 4.21 Å². The fourth-order valence-corrected chi connectivity index (χ4v) is 4.33. The summed E-state index contributed by atoms with van der Waals surface area (Å²) >= 11 is 0. The van der Waals surface area contributed by atoms with Gasteiger partial charge in [-0.15, -0.1) is 0 Å². The minimum absolute atomic E-state index is 0.0676. The Kier molecular flexibility index (Phi) is 3.87. The van der Waals surface area contributed by atoms with Crippen molar-refractivity contribution in [2.45, 2.75) is 51.3 Å². The van der Waals surface area contributed by atoms with E-state index in [1.54, 1.807) is 0 Å². The molecule has 1 aromatic rings. The number of ether oxygens (including phenoxy) is 1. The molecule has 0 aromatic heterocycles. The van der Waals surface area contributed by atoms with Crippen LogP contribution in [0, 0.1) is 0 Å². The van der Waals surface area contributed by atoms with Crippen LogP contribution in [0.4, 0.5) is 0 Å². The van der Waals surface area contributed by atoms with Gasteiger partial charge in [0.1, 0.15) is 11.4 Å². The average molecular weight is 293 g/mol. The molecule has 3 nitrogen and oxygen atoms in total. The molecule has 1 N–H and O–H groups in total. The van der Waals surface area contributed by atoms with Crippen LogP contribution in [-0.2, 0) is 23.8 Å². The number of hydrogen-bond acceptors (Lipinski definition) is 3. The Hall–Kier alpha value is -0.870. The molecular formula is C16H23NO2S. The summed E-state index contributed by atoms with van der Waals surface area (Å²) in [7, 11) is -0.574. The van der Waals surface area contributed by atoms with Gasteiger partial charge in [0.2, 0.25) is 0 Å². The van der Waals surface area contributed by atoms with Crippen LogP contribution >= 0.6 is 0 Å². The molecule has 0 bridgehead atoms. The first-order chi connectivity index (χ1) is 9.52. The maximum atomic E-state index is 11.3. The van der Waals surface area contributed by atoms with E-state index in [9.17, 15) is 4.21 Å². The number of hydrogen-bond donors (Lipinski definition) is 1. The van der Waals surface area contributed by atoms with Crippen LogP contribution < -0.4 is 10.1 Å². The molecule has 1 aromatic carbocycles. The molecule has 0 amide bonds. The van der Waals surface area contributed by atoms with Crippen molar-refractivity contribution in [2.75, 3.05) is 11.5 Å². The van der Waals surface area contributed by atoms with Crippen molar-refractivity contribution in [1.29, 1.82) is 0 Å². The normalized spacial score (nSPS) is 27.9. The smallest absolute Gasteiger partial charge is 0.123 e. The highest BCUT2D eigenvalue weighted by Gasteiger charge is 2.29. The van der Waals surface area contributed by atoms with Gasteiger partial charge in [-0.1, -0.05) is 12.1 Å². The molecular weight excluding hydrogens is 270 g/mol.